The number of ether oxygens (including phenoxy) is 1. The van der Waals surface area contributed by atoms with Crippen LogP contribution in [0.1, 0.15) is 17.7 Å². The fraction of sp³-hybridized carbons (Fsp3) is 0.375. The van der Waals surface area contributed by atoms with Crippen molar-refractivity contribution in [2.24, 2.45) is 11.3 Å². The van der Waals surface area contributed by atoms with E-state index < -0.39 is 11.0 Å². The van der Waals surface area contributed by atoms with Gasteiger partial charge in [0.1, 0.15) is 5.82 Å². The molecule has 1 aliphatic heterocycles. The van der Waals surface area contributed by atoms with E-state index in [-0.39, 0.29) is 11.2 Å². The highest BCUT2D eigenvalue weighted by atomic mass is 32.2. The molecule has 3 aromatic rings. The summed E-state index contributed by atoms with van der Waals surface area (Å²) in [6, 6.07) is 16.2. The molecule has 0 radical (unpaired) electrons. The van der Waals surface area contributed by atoms with Gasteiger partial charge in [-0.3, -0.25) is 0 Å². The maximum absolute atomic E-state index is 13.4. The molecule has 162 valence electrons. The van der Waals surface area contributed by atoms with Crippen molar-refractivity contribution < 1.29 is 13.3 Å². The van der Waals surface area contributed by atoms with Crippen LogP contribution in [-0.4, -0.2) is 40.9 Å². The highest BCUT2D eigenvalue weighted by Crippen LogP contribution is 2.46. The number of halogens is 1. The second-order valence-electron chi connectivity index (χ2n) is 8.66. The van der Waals surface area contributed by atoms with Crippen molar-refractivity contribution in [1.29, 1.82) is 0 Å². The molecular weight excluding hydrogens is 413 g/mol. The lowest BCUT2D eigenvalue weighted by Crippen LogP contribution is -2.54. The van der Waals surface area contributed by atoms with Crippen LogP contribution < -0.4 is 0 Å². The van der Waals surface area contributed by atoms with Crippen LogP contribution in [0.15, 0.2) is 65.7 Å². The van der Waals surface area contributed by atoms with Crippen LogP contribution in [0.4, 0.5) is 4.39 Å². The monoisotopic (exact) mass is 440 g/mol. The molecule has 1 unspecified atom stereocenters. The molecule has 7 heteroatoms. The van der Waals surface area contributed by atoms with E-state index >= 15 is 0 Å². The summed E-state index contributed by atoms with van der Waals surface area (Å²) >= 11 is 0. The summed E-state index contributed by atoms with van der Waals surface area (Å²) in [5.41, 5.74) is 3.20. The number of nitrogens with zero attached hydrogens (tertiary/aromatic N) is 3. The smallest absolute Gasteiger partial charge is 0.178 e. The van der Waals surface area contributed by atoms with Gasteiger partial charge < -0.3 is 4.74 Å². The zero-order chi connectivity index (χ0) is 21.4. The van der Waals surface area contributed by atoms with Gasteiger partial charge in [-0.25, -0.2) is 9.07 Å². The Labute approximate surface area is 184 Å². The third-order valence-corrected chi connectivity index (χ3v) is 8.37. The molecule has 1 aliphatic carbocycles. The Morgan fingerprint density at radius 1 is 1.19 bits per heavy atom. The predicted molar refractivity (Wildman–Crippen MR) is 119 cm³/mol. The zero-order valence-electron chi connectivity index (χ0n) is 17.6. The van der Waals surface area contributed by atoms with Crippen molar-refractivity contribution in [3.8, 4) is 5.69 Å². The minimum Gasteiger partial charge on any atom is -0.384 e. The van der Waals surface area contributed by atoms with E-state index in [1.807, 2.05) is 41.2 Å². The molecular formula is C24H27FN3O2S+. The number of hydrogen-bond acceptors (Lipinski definition) is 3. The van der Waals surface area contributed by atoms with E-state index in [4.69, 9.17) is 4.74 Å². The van der Waals surface area contributed by atoms with E-state index in [1.165, 1.54) is 23.4 Å². The van der Waals surface area contributed by atoms with E-state index in [0.717, 1.165) is 42.9 Å². The maximum atomic E-state index is 13.4. The largest absolute Gasteiger partial charge is 0.384 e. The summed E-state index contributed by atoms with van der Waals surface area (Å²) in [6.07, 6.45) is 4.64. The first kappa shape index (κ1) is 20.5. The number of methoxy groups -OCH3 is 1. The molecule has 0 bridgehead atoms. The topological polar surface area (TPSA) is 47.4 Å². The van der Waals surface area contributed by atoms with Gasteiger partial charge in [0, 0.05) is 24.8 Å². The van der Waals surface area contributed by atoms with E-state index in [2.05, 4.69) is 9.40 Å². The summed E-state index contributed by atoms with van der Waals surface area (Å²) in [7, 11) is 0.151. The first-order chi connectivity index (χ1) is 15.1. The molecule has 0 spiro atoms. The number of thiol groups is 1. The highest BCUT2D eigenvalue weighted by molar-refractivity contribution is 7.82. The average molecular weight is 441 g/mol. The minimum atomic E-state index is -1.60. The van der Waals surface area contributed by atoms with Gasteiger partial charge in [-0.2, -0.15) is 5.10 Å². The van der Waals surface area contributed by atoms with Crippen molar-refractivity contribution in [3.05, 3.63) is 77.9 Å². The first-order valence-electron chi connectivity index (χ1n) is 10.7. The highest BCUT2D eigenvalue weighted by Gasteiger charge is 2.50. The minimum absolute atomic E-state index is 0.0869. The number of aromatic nitrogens is 2. The van der Waals surface area contributed by atoms with Crippen molar-refractivity contribution in [2.75, 3.05) is 26.8 Å². The molecule has 5 nitrogen and oxygen atoms in total. The van der Waals surface area contributed by atoms with Crippen LogP contribution in [0.5, 0.6) is 0 Å². The van der Waals surface area contributed by atoms with E-state index in [9.17, 15) is 8.60 Å². The number of benzene rings is 2. The molecule has 2 aromatic carbocycles. The van der Waals surface area contributed by atoms with Gasteiger partial charge in [0.15, 0.2) is 15.9 Å². The van der Waals surface area contributed by atoms with Crippen LogP contribution in [0.2, 0.25) is 0 Å². The second kappa shape index (κ2) is 8.30. The predicted octanol–water partition coefficient (Wildman–Crippen LogP) is 3.73. The number of rotatable bonds is 5. The molecule has 1 saturated heterocycles. The zero-order valence-corrected chi connectivity index (χ0v) is 18.5. The third kappa shape index (κ3) is 3.75. The summed E-state index contributed by atoms with van der Waals surface area (Å²) < 4.78 is 36.4. The van der Waals surface area contributed by atoms with Crippen LogP contribution in [-0.2, 0) is 32.8 Å². The molecule has 2 heterocycles. The standard InChI is InChI=1S/C24H26FN3O2S/c1-30-17-24-14-18-15-26-28(21-9-7-20(25)8-10-21)23(18)13-19(24)11-12-27(16-24)31(29)22-5-3-2-4-6-22/h2-10,15,19H,11-14,16-17H2,1H3/p+1/t19-,24+,31?/m0/s1. The molecule has 1 aromatic heterocycles. The van der Waals surface area contributed by atoms with Crippen molar-refractivity contribution in [2.45, 2.75) is 24.2 Å². The van der Waals surface area contributed by atoms with Gasteiger partial charge in [-0.15, -0.1) is 4.31 Å². The van der Waals surface area contributed by atoms with Crippen molar-refractivity contribution in [1.82, 2.24) is 14.1 Å². The second-order valence-corrected chi connectivity index (χ2v) is 10.3. The van der Waals surface area contributed by atoms with Crippen molar-refractivity contribution in [3.63, 3.8) is 0 Å². The Bertz CT molecular complexity index is 1090. The average Bonchev–Trinajstić information content (AvgIpc) is 3.20. The van der Waals surface area contributed by atoms with Gasteiger partial charge >= 0.3 is 0 Å². The Kier molecular flexibility index (Phi) is 5.50. The Hall–Kier alpha value is -2.35. The van der Waals surface area contributed by atoms with Crippen LogP contribution in [0, 0.1) is 17.2 Å². The molecule has 1 fully saturated rings. The molecule has 5 rings (SSSR count). The van der Waals surface area contributed by atoms with Gasteiger partial charge in [-0.1, -0.05) is 22.4 Å². The Morgan fingerprint density at radius 3 is 2.71 bits per heavy atom. The summed E-state index contributed by atoms with van der Waals surface area (Å²) in [6.45, 7) is 2.18. The fourth-order valence-corrected chi connectivity index (χ4v) is 6.73. The summed E-state index contributed by atoms with van der Waals surface area (Å²) in [5.74, 6) is 0.176. The van der Waals surface area contributed by atoms with E-state index in [0.29, 0.717) is 12.5 Å². The quantitative estimate of drug-likeness (QED) is 0.449. The lowest BCUT2D eigenvalue weighted by Gasteiger charge is -2.48. The van der Waals surface area contributed by atoms with Gasteiger partial charge in [-0.05, 0) is 67.1 Å². The Morgan fingerprint density at radius 2 is 1.97 bits per heavy atom. The molecule has 2 aliphatic rings. The van der Waals surface area contributed by atoms with Gasteiger partial charge in [0.2, 0.25) is 0 Å². The lowest BCUT2D eigenvalue weighted by molar-refractivity contribution is -0.0162. The molecule has 31 heavy (non-hydrogen) atoms. The molecule has 0 N–H and O–H groups in total. The van der Waals surface area contributed by atoms with Crippen LogP contribution in [0.3, 0.4) is 0 Å². The number of fused-ring (bicyclic) bond motifs is 2. The normalized spacial score (nSPS) is 24.4. The summed E-state index contributed by atoms with van der Waals surface area (Å²) in [5, 5.41) is 4.63. The van der Waals surface area contributed by atoms with Crippen LogP contribution in [0.25, 0.3) is 5.69 Å². The lowest BCUT2D eigenvalue weighted by atomic mass is 9.63. The van der Waals surface area contributed by atoms with Crippen molar-refractivity contribution >= 4 is 11.0 Å². The molecule has 0 saturated carbocycles. The SMILES string of the molecule is COC[C@]12Cc3cnn(-c4ccc(F)cc4)c3C[C@@H]1CCN([SH+](=O)c1ccccc1)C2. The fourth-order valence-electron chi connectivity index (χ4n) is 5.27. The first-order valence-corrected chi connectivity index (χ1v) is 11.9. The maximum Gasteiger partial charge on any atom is 0.178 e. The molecule has 3 atom stereocenters. The van der Waals surface area contributed by atoms with E-state index in [1.54, 1.807) is 19.2 Å². The third-order valence-electron chi connectivity index (χ3n) is 6.77. The molecule has 0 amide bonds. The van der Waals surface area contributed by atoms with Crippen LogP contribution >= 0.6 is 0 Å². The summed E-state index contributed by atoms with van der Waals surface area (Å²) in [4.78, 5) is 0.879. The van der Waals surface area contributed by atoms with Gasteiger partial charge in [0.05, 0.1) is 25.0 Å². The Balaban J connectivity index is 1.45. The number of hydrogen-bond donors (Lipinski definition) is 0. The number of piperidine rings is 1. The van der Waals surface area contributed by atoms with Gasteiger partial charge in [0.25, 0.3) is 0 Å².